The van der Waals surface area contributed by atoms with E-state index < -0.39 is 23.8 Å². The number of ether oxygens (including phenoxy) is 2. The molecule has 150 valence electrons. The van der Waals surface area contributed by atoms with Gasteiger partial charge in [0.1, 0.15) is 5.01 Å². The van der Waals surface area contributed by atoms with Crippen molar-refractivity contribution < 1.29 is 23.9 Å². The average molecular weight is 412 g/mol. The van der Waals surface area contributed by atoms with Crippen LogP contribution in [-0.4, -0.2) is 40.9 Å². The number of fused-ring (bicyclic) bond motifs is 1. The van der Waals surface area contributed by atoms with Gasteiger partial charge in [-0.15, -0.1) is 11.3 Å². The highest BCUT2D eigenvalue weighted by Gasteiger charge is 2.27. The van der Waals surface area contributed by atoms with Gasteiger partial charge in [0.25, 0.3) is 0 Å². The maximum atomic E-state index is 12.7. The summed E-state index contributed by atoms with van der Waals surface area (Å²) >= 11 is 1.45. The van der Waals surface area contributed by atoms with Gasteiger partial charge in [-0.2, -0.15) is 0 Å². The lowest BCUT2D eigenvalue weighted by atomic mass is 10.1. The van der Waals surface area contributed by atoms with Crippen LogP contribution in [0.15, 0.2) is 30.3 Å². The number of benzene rings is 1. The number of hydrogen-bond donors (Lipinski definition) is 1. The number of methoxy groups -OCH3 is 1. The molecule has 0 spiro atoms. The summed E-state index contributed by atoms with van der Waals surface area (Å²) in [6.07, 6.45) is 1.78. The monoisotopic (exact) mass is 412 g/mol. The number of carbonyl (C=O) groups is 3. The third-order valence-electron chi connectivity index (χ3n) is 4.41. The number of H-pyrrole nitrogens is 1. The van der Waals surface area contributed by atoms with E-state index in [1.165, 1.54) is 31.4 Å². The van der Waals surface area contributed by atoms with Crippen LogP contribution in [0.2, 0.25) is 0 Å². The van der Waals surface area contributed by atoms with Crippen molar-refractivity contribution in [1.82, 2.24) is 9.97 Å². The molecular formula is C21H20N2O5S. The van der Waals surface area contributed by atoms with Crippen LogP contribution < -0.4 is 0 Å². The van der Waals surface area contributed by atoms with Crippen molar-refractivity contribution in [2.24, 2.45) is 0 Å². The molecule has 1 atom stereocenters. The summed E-state index contributed by atoms with van der Waals surface area (Å²) in [6, 6.07) is 7.66. The Morgan fingerprint density at radius 1 is 1.21 bits per heavy atom. The van der Waals surface area contributed by atoms with E-state index in [1.807, 2.05) is 24.3 Å². The predicted molar refractivity (Wildman–Crippen MR) is 110 cm³/mol. The van der Waals surface area contributed by atoms with E-state index in [0.717, 1.165) is 10.2 Å². The van der Waals surface area contributed by atoms with E-state index in [4.69, 9.17) is 9.47 Å². The summed E-state index contributed by atoms with van der Waals surface area (Å²) in [6.45, 7) is 4.80. The topological polar surface area (TPSA) is 98.4 Å². The lowest BCUT2D eigenvalue weighted by Gasteiger charge is -2.10. The minimum Gasteiger partial charge on any atom is -0.465 e. The number of carbonyl (C=O) groups excluding carboxylic acids is 3. The largest absolute Gasteiger partial charge is 0.465 e. The number of ketones is 1. The first-order valence-corrected chi connectivity index (χ1v) is 9.69. The van der Waals surface area contributed by atoms with Gasteiger partial charge in [0.2, 0.25) is 5.78 Å². The summed E-state index contributed by atoms with van der Waals surface area (Å²) in [5, 5.41) is 0.667. The summed E-state index contributed by atoms with van der Waals surface area (Å²) in [5.41, 5.74) is 2.37. The minimum absolute atomic E-state index is 0.221. The Kier molecular flexibility index (Phi) is 5.93. The number of aromatic nitrogens is 2. The Labute approximate surface area is 171 Å². The highest BCUT2D eigenvalue weighted by molar-refractivity contribution is 7.19. The molecule has 1 N–H and O–H groups in total. The number of aryl methyl sites for hydroxylation is 1. The fourth-order valence-corrected chi connectivity index (χ4v) is 3.85. The highest BCUT2D eigenvalue weighted by atomic mass is 32.1. The molecule has 2 aromatic heterocycles. The zero-order chi connectivity index (χ0) is 21.1. The van der Waals surface area contributed by atoms with Crippen molar-refractivity contribution in [1.29, 1.82) is 0 Å². The Hall–Kier alpha value is -3.26. The van der Waals surface area contributed by atoms with Gasteiger partial charge in [-0.05, 0) is 44.5 Å². The fourth-order valence-electron chi connectivity index (χ4n) is 2.98. The Morgan fingerprint density at radius 3 is 2.62 bits per heavy atom. The van der Waals surface area contributed by atoms with Crippen molar-refractivity contribution in [2.45, 2.75) is 26.9 Å². The van der Waals surface area contributed by atoms with Gasteiger partial charge in [-0.25, -0.2) is 14.6 Å². The van der Waals surface area contributed by atoms with Crippen LogP contribution in [0.1, 0.15) is 44.0 Å². The SMILES string of the molecule is COC(=O)c1c(C)[nH]c(C(=O)[C@H](C)OC(=O)/C=C/c2nc3ccccc3s2)c1C. The van der Waals surface area contributed by atoms with Crippen molar-refractivity contribution >= 4 is 45.4 Å². The van der Waals surface area contributed by atoms with Crippen LogP contribution in [0.3, 0.4) is 0 Å². The van der Waals surface area contributed by atoms with Crippen molar-refractivity contribution in [2.75, 3.05) is 7.11 Å². The van der Waals surface area contributed by atoms with E-state index in [-0.39, 0.29) is 5.69 Å². The molecule has 29 heavy (non-hydrogen) atoms. The van der Waals surface area contributed by atoms with E-state index in [1.54, 1.807) is 19.9 Å². The van der Waals surface area contributed by atoms with E-state index in [9.17, 15) is 14.4 Å². The Morgan fingerprint density at radius 2 is 1.93 bits per heavy atom. The fraction of sp³-hybridized carbons (Fsp3) is 0.238. The summed E-state index contributed by atoms with van der Waals surface area (Å²) in [7, 11) is 1.28. The molecule has 0 aliphatic rings. The van der Waals surface area contributed by atoms with E-state index in [2.05, 4.69) is 9.97 Å². The Balaban J connectivity index is 1.69. The second kappa shape index (κ2) is 8.40. The molecule has 7 nitrogen and oxygen atoms in total. The minimum atomic E-state index is -1.02. The normalized spacial score (nSPS) is 12.3. The number of esters is 2. The molecule has 0 saturated heterocycles. The molecule has 0 aliphatic carbocycles. The molecule has 2 heterocycles. The number of rotatable bonds is 6. The van der Waals surface area contributed by atoms with Gasteiger partial charge in [-0.1, -0.05) is 12.1 Å². The molecule has 0 aliphatic heterocycles. The van der Waals surface area contributed by atoms with Gasteiger partial charge in [0, 0.05) is 11.8 Å². The number of aromatic amines is 1. The third kappa shape index (κ3) is 4.27. The number of nitrogens with one attached hydrogen (secondary N) is 1. The molecule has 3 aromatic rings. The zero-order valence-corrected chi connectivity index (χ0v) is 17.3. The van der Waals surface area contributed by atoms with Gasteiger partial charge >= 0.3 is 11.9 Å². The number of Topliss-reactive ketones (excluding diaryl/α,β-unsaturated/α-hetero) is 1. The van der Waals surface area contributed by atoms with Crippen LogP contribution in [0.4, 0.5) is 0 Å². The molecule has 0 unspecified atom stereocenters. The molecule has 0 fully saturated rings. The van der Waals surface area contributed by atoms with Gasteiger partial charge in [0.15, 0.2) is 6.10 Å². The standard InChI is InChI=1S/C21H20N2O5S/c1-11-18(21(26)27-4)12(2)22-19(11)20(25)13(3)28-17(24)10-9-16-23-14-7-5-6-8-15(14)29-16/h5-10,13,22H,1-4H3/b10-9+/t13-/m0/s1. The van der Waals surface area contributed by atoms with E-state index in [0.29, 0.717) is 21.8 Å². The maximum absolute atomic E-state index is 12.7. The number of para-hydroxylation sites is 1. The summed E-state index contributed by atoms with van der Waals surface area (Å²) in [5.74, 6) is -1.61. The Bertz CT molecular complexity index is 1090. The molecule has 1 aromatic carbocycles. The molecule has 0 amide bonds. The second-order valence-corrected chi connectivity index (χ2v) is 7.48. The van der Waals surface area contributed by atoms with Gasteiger partial charge < -0.3 is 14.5 Å². The van der Waals surface area contributed by atoms with Crippen molar-refractivity contribution in [3.63, 3.8) is 0 Å². The summed E-state index contributed by atoms with van der Waals surface area (Å²) < 4.78 is 11.0. The first kappa shape index (κ1) is 20.5. The first-order valence-electron chi connectivity index (χ1n) is 8.87. The van der Waals surface area contributed by atoms with Crippen LogP contribution in [0.25, 0.3) is 16.3 Å². The van der Waals surface area contributed by atoms with Gasteiger partial charge in [0.05, 0.1) is 28.6 Å². The molecule has 0 radical (unpaired) electrons. The van der Waals surface area contributed by atoms with Gasteiger partial charge in [-0.3, -0.25) is 4.79 Å². The first-order chi connectivity index (χ1) is 13.8. The number of nitrogens with zero attached hydrogens (tertiary/aromatic N) is 1. The zero-order valence-electron chi connectivity index (χ0n) is 16.4. The molecule has 0 bridgehead atoms. The maximum Gasteiger partial charge on any atom is 0.339 e. The number of hydrogen-bond acceptors (Lipinski definition) is 7. The lowest BCUT2D eigenvalue weighted by Crippen LogP contribution is -2.24. The smallest absolute Gasteiger partial charge is 0.339 e. The van der Waals surface area contributed by atoms with Crippen LogP contribution in [-0.2, 0) is 14.3 Å². The van der Waals surface area contributed by atoms with Crippen molar-refractivity contribution in [3.05, 3.63) is 57.9 Å². The van der Waals surface area contributed by atoms with Crippen LogP contribution in [0, 0.1) is 13.8 Å². The van der Waals surface area contributed by atoms with E-state index >= 15 is 0 Å². The second-order valence-electron chi connectivity index (χ2n) is 6.41. The molecular weight excluding hydrogens is 392 g/mol. The summed E-state index contributed by atoms with van der Waals surface area (Å²) in [4.78, 5) is 44.0. The van der Waals surface area contributed by atoms with Crippen molar-refractivity contribution in [3.8, 4) is 0 Å². The lowest BCUT2D eigenvalue weighted by molar-refractivity contribution is -0.140. The van der Waals surface area contributed by atoms with Crippen LogP contribution >= 0.6 is 11.3 Å². The molecule has 0 saturated carbocycles. The average Bonchev–Trinajstić information content (AvgIpc) is 3.25. The molecule has 3 rings (SSSR count). The quantitative estimate of drug-likeness (QED) is 0.375. The number of thiazole rings is 1. The third-order valence-corrected chi connectivity index (χ3v) is 5.41. The molecule has 8 heteroatoms. The van der Waals surface area contributed by atoms with Crippen LogP contribution in [0.5, 0.6) is 0 Å². The highest BCUT2D eigenvalue weighted by Crippen LogP contribution is 2.23. The predicted octanol–water partition coefficient (Wildman–Crippen LogP) is 3.86.